The summed E-state index contributed by atoms with van der Waals surface area (Å²) in [7, 11) is 1.29. The van der Waals surface area contributed by atoms with E-state index >= 15 is 0 Å². The lowest BCUT2D eigenvalue weighted by atomic mass is 9.92. The number of nitrogens with one attached hydrogen (secondary N) is 4. The molecule has 6 aromatic rings. The third-order valence-electron chi connectivity index (χ3n) is 11.4. The number of H-pyrrole nitrogens is 2. The zero-order chi connectivity index (χ0) is 44.6. The zero-order valence-electron chi connectivity index (χ0n) is 36.6. The Bertz CT molecular complexity index is 2620. The summed E-state index contributed by atoms with van der Waals surface area (Å²) in [6, 6.07) is 22.2. The molecule has 0 fully saturated rings. The number of fused-ring (bicyclic) bond motifs is 6. The number of hydrogen-bond donors (Lipinski definition) is 4. The molecular formula is C49H56N8O6. The monoisotopic (exact) mass is 852 g/mol. The van der Waals surface area contributed by atoms with E-state index in [0.29, 0.717) is 43.3 Å². The van der Waals surface area contributed by atoms with Crippen molar-refractivity contribution in [2.24, 2.45) is 5.92 Å². The summed E-state index contributed by atoms with van der Waals surface area (Å²) in [5.41, 5.74) is 7.15. The fourth-order valence-corrected chi connectivity index (χ4v) is 7.94. The minimum Gasteiger partial charge on any atom is -0.488 e. The molecule has 2 unspecified atom stereocenters. The molecule has 328 valence electrons. The molecule has 0 saturated heterocycles. The number of carbonyl (C=O) groups excluding carboxylic acids is 4. The van der Waals surface area contributed by atoms with Crippen molar-refractivity contribution in [2.45, 2.75) is 85.2 Å². The van der Waals surface area contributed by atoms with Crippen LogP contribution in [0.25, 0.3) is 44.2 Å². The first-order valence-corrected chi connectivity index (χ1v) is 21.6. The number of carbonyl (C=O) groups is 4. The van der Waals surface area contributed by atoms with Crippen LogP contribution in [0.2, 0.25) is 0 Å². The second-order valence-corrected chi connectivity index (χ2v) is 16.2. The first-order chi connectivity index (χ1) is 30.5. The van der Waals surface area contributed by atoms with E-state index in [0.717, 1.165) is 68.3 Å². The summed E-state index contributed by atoms with van der Waals surface area (Å²) in [6.45, 7) is 13.3. The number of hydrogen-bond acceptors (Lipinski definition) is 8. The molecule has 0 saturated carbocycles. The Hall–Kier alpha value is -6.96. The van der Waals surface area contributed by atoms with Crippen molar-refractivity contribution in [1.29, 1.82) is 0 Å². The first kappa shape index (κ1) is 44.1. The van der Waals surface area contributed by atoms with Crippen LogP contribution in [0.15, 0.2) is 91.6 Å². The second-order valence-electron chi connectivity index (χ2n) is 16.2. The number of amides is 4. The van der Waals surface area contributed by atoms with Crippen molar-refractivity contribution in [2.75, 3.05) is 20.2 Å². The second kappa shape index (κ2) is 19.8. The number of aromatic nitrogens is 4. The van der Waals surface area contributed by atoms with Crippen LogP contribution in [-0.4, -0.2) is 79.8 Å². The van der Waals surface area contributed by atoms with E-state index in [-0.39, 0.29) is 43.1 Å². The maximum atomic E-state index is 14.0. The highest BCUT2D eigenvalue weighted by atomic mass is 16.5. The number of unbranched alkanes of at least 4 members (excludes halogenated alkanes) is 1. The number of benzene rings is 4. The van der Waals surface area contributed by atoms with Gasteiger partial charge < -0.3 is 39.9 Å². The molecule has 4 N–H and O–H groups in total. The van der Waals surface area contributed by atoms with E-state index in [1.54, 1.807) is 29.0 Å². The van der Waals surface area contributed by atoms with E-state index in [9.17, 15) is 19.2 Å². The van der Waals surface area contributed by atoms with Gasteiger partial charge in [-0.15, -0.1) is 6.58 Å². The van der Waals surface area contributed by atoms with Gasteiger partial charge in [0.1, 0.15) is 36.1 Å². The average molecular weight is 853 g/mol. The third-order valence-corrected chi connectivity index (χ3v) is 11.4. The lowest BCUT2D eigenvalue weighted by Gasteiger charge is -2.29. The van der Waals surface area contributed by atoms with E-state index in [2.05, 4.69) is 69.4 Å². The number of imidazole rings is 2. The Kier molecular flexibility index (Phi) is 13.9. The molecule has 0 spiro atoms. The Morgan fingerprint density at radius 1 is 0.905 bits per heavy atom. The van der Waals surface area contributed by atoms with Gasteiger partial charge in [-0.25, -0.2) is 14.8 Å². The van der Waals surface area contributed by atoms with E-state index in [4.69, 9.17) is 14.5 Å². The van der Waals surface area contributed by atoms with Gasteiger partial charge in [0, 0.05) is 30.5 Å². The van der Waals surface area contributed by atoms with Gasteiger partial charge >= 0.3 is 6.09 Å². The van der Waals surface area contributed by atoms with E-state index in [1.165, 1.54) is 7.11 Å². The van der Waals surface area contributed by atoms with Crippen LogP contribution in [0.1, 0.15) is 82.2 Å². The van der Waals surface area contributed by atoms with Crippen LogP contribution in [0.3, 0.4) is 0 Å². The largest absolute Gasteiger partial charge is 0.488 e. The summed E-state index contributed by atoms with van der Waals surface area (Å²) < 4.78 is 11.2. The molecule has 1 aliphatic heterocycles. The van der Waals surface area contributed by atoms with Crippen molar-refractivity contribution in [1.82, 2.24) is 40.4 Å². The smallest absolute Gasteiger partial charge is 0.407 e. The van der Waals surface area contributed by atoms with Gasteiger partial charge in [0.15, 0.2) is 0 Å². The maximum Gasteiger partial charge on any atom is 0.407 e. The molecular weight excluding hydrogens is 797 g/mol. The van der Waals surface area contributed by atoms with Crippen LogP contribution in [-0.2, 0) is 38.8 Å². The molecule has 2 aromatic heterocycles. The topological polar surface area (TPSA) is 175 Å². The molecule has 2 atom stereocenters. The number of rotatable bonds is 18. The Balaban J connectivity index is 1.11. The number of aromatic amines is 2. The van der Waals surface area contributed by atoms with Crippen LogP contribution in [0.5, 0.6) is 5.75 Å². The molecule has 0 bridgehead atoms. The summed E-state index contributed by atoms with van der Waals surface area (Å²) >= 11 is 0. The van der Waals surface area contributed by atoms with E-state index < -0.39 is 18.2 Å². The summed E-state index contributed by atoms with van der Waals surface area (Å²) in [5.74, 6) is 1.26. The maximum absolute atomic E-state index is 14.0. The predicted molar refractivity (Wildman–Crippen MR) is 243 cm³/mol. The summed E-state index contributed by atoms with van der Waals surface area (Å²) in [5, 5.41) is 7.55. The zero-order valence-corrected chi connectivity index (χ0v) is 36.6. The van der Waals surface area contributed by atoms with Crippen LogP contribution in [0.4, 0.5) is 4.79 Å². The minimum absolute atomic E-state index is 0.142. The quantitative estimate of drug-likeness (QED) is 0.0625. The number of ether oxygens (including phenoxy) is 2. The van der Waals surface area contributed by atoms with Gasteiger partial charge in [-0.3, -0.25) is 14.4 Å². The van der Waals surface area contributed by atoms with Gasteiger partial charge in [0.05, 0.1) is 43.1 Å². The third kappa shape index (κ3) is 9.90. The lowest BCUT2D eigenvalue weighted by Crippen LogP contribution is -2.51. The van der Waals surface area contributed by atoms with E-state index in [1.807, 2.05) is 56.3 Å². The number of nitrogens with zero attached hydrogens (tertiary/aromatic N) is 4. The predicted octanol–water partition coefficient (Wildman–Crippen LogP) is 8.35. The van der Waals surface area contributed by atoms with Crippen molar-refractivity contribution >= 4 is 45.6 Å². The number of alkyl carbamates (subject to hydrolysis) is 1. The van der Waals surface area contributed by atoms with Crippen molar-refractivity contribution in [3.05, 3.63) is 114 Å². The fourth-order valence-electron chi connectivity index (χ4n) is 7.94. The van der Waals surface area contributed by atoms with Gasteiger partial charge in [0.2, 0.25) is 17.7 Å². The molecule has 7 rings (SSSR count). The minimum atomic E-state index is -0.827. The lowest BCUT2D eigenvalue weighted by molar-refractivity contribution is -0.137. The molecule has 3 heterocycles. The number of methoxy groups -OCH3 is 1. The molecule has 4 amide bonds. The molecule has 14 nitrogen and oxygen atoms in total. The van der Waals surface area contributed by atoms with Gasteiger partial charge in [-0.05, 0) is 70.7 Å². The Morgan fingerprint density at radius 2 is 1.68 bits per heavy atom. The highest BCUT2D eigenvalue weighted by Gasteiger charge is 2.31. The Morgan fingerprint density at radius 3 is 2.41 bits per heavy atom. The van der Waals surface area contributed by atoms with Gasteiger partial charge in [0.25, 0.3) is 0 Å². The normalized spacial score (nSPS) is 12.8. The highest BCUT2D eigenvalue weighted by Crippen LogP contribution is 2.42. The summed E-state index contributed by atoms with van der Waals surface area (Å²) in [6.07, 6.45) is 5.46. The molecule has 14 heteroatoms. The molecule has 0 radical (unpaired) electrons. The highest BCUT2D eigenvalue weighted by molar-refractivity contribution is 6.07. The first-order valence-electron chi connectivity index (χ1n) is 21.6. The molecule has 63 heavy (non-hydrogen) atoms. The average Bonchev–Trinajstić information content (AvgIpc) is 3.96. The molecule has 0 aliphatic carbocycles. The van der Waals surface area contributed by atoms with Crippen molar-refractivity contribution in [3.8, 4) is 28.1 Å². The fraction of sp³-hybridized carbons (Fsp3) is 0.347. The van der Waals surface area contributed by atoms with Gasteiger partial charge in [-0.1, -0.05) is 88.7 Å². The summed E-state index contributed by atoms with van der Waals surface area (Å²) in [4.78, 5) is 72.4. The van der Waals surface area contributed by atoms with Crippen molar-refractivity contribution in [3.63, 3.8) is 0 Å². The SMILES string of the molecule is C=CCCN(Cc1ncc(-c2ccc3c(c2)COc2cc4c(ccc5[nH]c(CN(CCCC)C(=O)C(NC(=O)OC)C(C)C)nc54)cc2-3)[nH]1)C(=O)C(NC(=O)CC)c1ccccc1. The Labute approximate surface area is 367 Å². The van der Waals surface area contributed by atoms with Gasteiger partial charge in [-0.2, -0.15) is 0 Å². The standard InChI is InChI=1S/C49H56N8O6/c1-7-10-21-56(48(60)45(54-43(58)9-3)31-15-13-12-14-16-31)27-41-50-26-39(52-41)33-17-19-35-34(23-33)29-63-40-25-36-32(24-37(35)40)18-20-38-46(36)53-42(51-38)28-57(22-11-8-2)47(59)44(30(4)5)55-49(61)62-6/h7,12-20,23-26,30,44-45H,1,8-11,21-22,27-29H2,2-6H3,(H,50,52)(H,51,53)(H,54,58)(H,55,61). The molecule has 4 aromatic carbocycles. The molecule has 1 aliphatic rings. The van der Waals surface area contributed by atoms with Crippen LogP contribution < -0.4 is 15.4 Å². The van der Waals surface area contributed by atoms with Crippen LogP contribution in [0, 0.1) is 5.92 Å². The van der Waals surface area contributed by atoms with Crippen molar-refractivity contribution < 1.29 is 28.7 Å². The van der Waals surface area contributed by atoms with Crippen LogP contribution >= 0.6 is 0 Å².